The minimum Gasteiger partial charge on any atom is -0.444 e. The van der Waals surface area contributed by atoms with Crippen molar-refractivity contribution in [2.75, 3.05) is 5.32 Å². The molecule has 0 aromatic carbocycles. The van der Waals surface area contributed by atoms with E-state index in [0.29, 0.717) is 23.9 Å². The molecule has 17 heavy (non-hydrogen) atoms. The maximum atomic E-state index is 5.54. The number of anilines is 1. The van der Waals surface area contributed by atoms with Crippen LogP contribution in [-0.4, -0.2) is 19.9 Å². The average Bonchev–Trinajstić information content (AvgIpc) is 2.73. The number of oxazole rings is 1. The molecular weight excluding hydrogens is 238 g/mol. The Hall–Kier alpha value is -2.02. The Morgan fingerprint density at radius 1 is 1.41 bits per heavy atom. The molecule has 0 atom stereocenters. The summed E-state index contributed by atoms with van der Waals surface area (Å²) < 4.78 is 5.32. The van der Waals surface area contributed by atoms with Crippen LogP contribution in [0.15, 0.2) is 23.0 Å². The van der Waals surface area contributed by atoms with Crippen molar-refractivity contribution in [3.05, 3.63) is 35.9 Å². The van der Waals surface area contributed by atoms with Crippen LogP contribution in [0.2, 0.25) is 0 Å². The lowest BCUT2D eigenvalue weighted by Crippen LogP contribution is -2.16. The van der Waals surface area contributed by atoms with E-state index >= 15 is 0 Å². The highest BCUT2D eigenvalue weighted by Crippen LogP contribution is 2.10. The molecule has 0 radical (unpaired) electrons. The fourth-order valence-corrected chi connectivity index (χ4v) is 1.44. The third-order valence-corrected chi connectivity index (χ3v) is 2.20. The van der Waals surface area contributed by atoms with Crippen LogP contribution in [0.25, 0.3) is 0 Å². The van der Waals surface area contributed by atoms with Gasteiger partial charge in [0.1, 0.15) is 16.4 Å². The van der Waals surface area contributed by atoms with Crippen LogP contribution in [0, 0.1) is 6.92 Å². The van der Waals surface area contributed by atoms with Crippen LogP contribution in [0.1, 0.15) is 17.3 Å². The van der Waals surface area contributed by atoms with Crippen molar-refractivity contribution in [3.63, 3.8) is 0 Å². The summed E-state index contributed by atoms with van der Waals surface area (Å²) >= 11 is 4.88. The molecule has 0 aliphatic heterocycles. The van der Waals surface area contributed by atoms with Gasteiger partial charge in [0.2, 0.25) is 5.89 Å². The van der Waals surface area contributed by atoms with Crippen molar-refractivity contribution in [2.24, 2.45) is 5.73 Å². The van der Waals surface area contributed by atoms with E-state index in [1.54, 1.807) is 12.4 Å². The number of rotatable bonds is 4. The number of hydrogen-bond donors (Lipinski definition) is 2. The van der Waals surface area contributed by atoms with Crippen molar-refractivity contribution in [1.29, 1.82) is 0 Å². The van der Waals surface area contributed by atoms with Crippen LogP contribution in [0.5, 0.6) is 0 Å². The van der Waals surface area contributed by atoms with Gasteiger partial charge in [0.15, 0.2) is 5.82 Å². The molecule has 2 rings (SSSR count). The van der Waals surface area contributed by atoms with Gasteiger partial charge in [-0.15, -0.1) is 0 Å². The smallest absolute Gasteiger partial charge is 0.213 e. The number of thiocarbonyl (C=S) groups is 1. The van der Waals surface area contributed by atoms with Crippen molar-refractivity contribution in [3.8, 4) is 0 Å². The molecule has 2 aromatic rings. The summed E-state index contributed by atoms with van der Waals surface area (Å²) in [5, 5.41) is 3.03. The predicted molar refractivity (Wildman–Crippen MR) is 66.5 cm³/mol. The van der Waals surface area contributed by atoms with E-state index in [9.17, 15) is 0 Å². The monoisotopic (exact) mass is 249 g/mol. The number of nitrogens with zero attached hydrogens (tertiary/aromatic N) is 3. The largest absolute Gasteiger partial charge is 0.444 e. The molecule has 0 unspecified atom stereocenters. The predicted octanol–water partition coefficient (Wildman–Crippen LogP) is 1.02. The zero-order chi connectivity index (χ0) is 12.3. The average molecular weight is 249 g/mol. The van der Waals surface area contributed by atoms with Crippen LogP contribution in [-0.2, 0) is 6.54 Å². The maximum absolute atomic E-state index is 5.54. The SMILES string of the molecule is Cc1cnc(CNc2nccnc2C(N)=S)o1. The third kappa shape index (κ3) is 2.76. The first-order valence-electron chi connectivity index (χ1n) is 4.93. The Bertz CT molecular complexity index is 539. The zero-order valence-electron chi connectivity index (χ0n) is 9.17. The summed E-state index contributed by atoms with van der Waals surface area (Å²) in [6.07, 6.45) is 4.75. The molecule has 2 aromatic heterocycles. The van der Waals surface area contributed by atoms with Crippen LogP contribution in [0.3, 0.4) is 0 Å². The second-order valence-electron chi connectivity index (χ2n) is 3.34. The van der Waals surface area contributed by atoms with Gasteiger partial charge < -0.3 is 15.5 Å². The molecule has 0 spiro atoms. The molecule has 0 bridgehead atoms. The van der Waals surface area contributed by atoms with Gasteiger partial charge in [-0.05, 0) is 6.92 Å². The normalized spacial score (nSPS) is 10.2. The lowest BCUT2D eigenvalue weighted by Gasteiger charge is -2.06. The lowest BCUT2D eigenvalue weighted by atomic mass is 10.4. The van der Waals surface area contributed by atoms with E-state index in [1.165, 1.54) is 6.20 Å². The Balaban J connectivity index is 2.11. The molecule has 0 aliphatic rings. The highest BCUT2D eigenvalue weighted by molar-refractivity contribution is 7.80. The topological polar surface area (TPSA) is 89.9 Å². The van der Waals surface area contributed by atoms with Gasteiger partial charge in [-0.3, -0.25) is 0 Å². The molecule has 0 amide bonds. The quantitative estimate of drug-likeness (QED) is 0.782. The van der Waals surface area contributed by atoms with Gasteiger partial charge in [0.25, 0.3) is 0 Å². The van der Waals surface area contributed by atoms with Gasteiger partial charge in [0.05, 0.1) is 12.7 Å². The Morgan fingerprint density at radius 3 is 2.82 bits per heavy atom. The zero-order valence-corrected chi connectivity index (χ0v) is 9.99. The van der Waals surface area contributed by atoms with Gasteiger partial charge in [-0.25, -0.2) is 15.0 Å². The number of aromatic nitrogens is 3. The maximum Gasteiger partial charge on any atom is 0.213 e. The Morgan fingerprint density at radius 2 is 2.18 bits per heavy atom. The summed E-state index contributed by atoms with van der Waals surface area (Å²) in [6, 6.07) is 0. The highest BCUT2D eigenvalue weighted by atomic mass is 32.1. The summed E-state index contributed by atoms with van der Waals surface area (Å²) in [5.41, 5.74) is 6.00. The van der Waals surface area contributed by atoms with E-state index < -0.39 is 0 Å². The van der Waals surface area contributed by atoms with Crippen molar-refractivity contribution < 1.29 is 4.42 Å². The molecule has 2 heterocycles. The summed E-state index contributed by atoms with van der Waals surface area (Å²) in [7, 11) is 0. The van der Waals surface area contributed by atoms with Gasteiger partial charge in [-0.1, -0.05) is 12.2 Å². The molecule has 0 saturated heterocycles. The number of nitrogens with two attached hydrogens (primary N) is 1. The first-order chi connectivity index (χ1) is 8.16. The molecular formula is C10H11N5OS. The molecule has 0 saturated carbocycles. The Labute approximate surface area is 103 Å². The number of aryl methyl sites for hydroxylation is 1. The van der Waals surface area contributed by atoms with Crippen molar-refractivity contribution in [2.45, 2.75) is 13.5 Å². The first-order valence-corrected chi connectivity index (χ1v) is 5.33. The van der Waals surface area contributed by atoms with Gasteiger partial charge >= 0.3 is 0 Å². The van der Waals surface area contributed by atoms with Gasteiger partial charge in [0, 0.05) is 12.4 Å². The van der Waals surface area contributed by atoms with Crippen LogP contribution >= 0.6 is 12.2 Å². The molecule has 0 aliphatic carbocycles. The minimum atomic E-state index is 0.198. The molecule has 88 valence electrons. The fraction of sp³-hybridized carbons (Fsp3) is 0.200. The Kier molecular flexibility index (Phi) is 3.29. The van der Waals surface area contributed by atoms with E-state index in [2.05, 4.69) is 20.3 Å². The van der Waals surface area contributed by atoms with Crippen molar-refractivity contribution >= 4 is 23.0 Å². The van der Waals surface area contributed by atoms with E-state index in [1.807, 2.05) is 6.92 Å². The molecule has 0 fully saturated rings. The van der Waals surface area contributed by atoms with E-state index in [-0.39, 0.29) is 4.99 Å². The standard InChI is InChI=1S/C10H11N5OS/c1-6-4-14-7(16-6)5-15-10-8(9(11)17)12-2-3-13-10/h2-4H,5H2,1H3,(H2,11,17)(H,13,15). The minimum absolute atomic E-state index is 0.198. The summed E-state index contributed by atoms with van der Waals surface area (Å²) in [5.74, 6) is 1.86. The summed E-state index contributed by atoms with van der Waals surface area (Å²) in [6.45, 7) is 2.24. The fourth-order valence-electron chi connectivity index (χ4n) is 1.29. The summed E-state index contributed by atoms with van der Waals surface area (Å²) in [4.78, 5) is 12.4. The first kappa shape index (κ1) is 11.5. The van der Waals surface area contributed by atoms with E-state index in [4.69, 9.17) is 22.4 Å². The van der Waals surface area contributed by atoms with E-state index in [0.717, 1.165) is 5.76 Å². The van der Waals surface area contributed by atoms with Gasteiger partial charge in [-0.2, -0.15) is 0 Å². The van der Waals surface area contributed by atoms with Crippen molar-refractivity contribution in [1.82, 2.24) is 15.0 Å². The molecule has 3 N–H and O–H groups in total. The highest BCUT2D eigenvalue weighted by Gasteiger charge is 2.08. The van der Waals surface area contributed by atoms with Crippen LogP contribution < -0.4 is 11.1 Å². The number of hydrogen-bond acceptors (Lipinski definition) is 6. The second kappa shape index (κ2) is 4.88. The van der Waals surface area contributed by atoms with Crippen LogP contribution in [0.4, 0.5) is 5.82 Å². The third-order valence-electron chi connectivity index (χ3n) is 2.01. The second-order valence-corrected chi connectivity index (χ2v) is 3.78. The molecule has 7 heteroatoms. The molecule has 6 nitrogen and oxygen atoms in total. The number of nitrogens with one attached hydrogen (secondary N) is 1. The lowest BCUT2D eigenvalue weighted by molar-refractivity contribution is 0.479.